The lowest BCUT2D eigenvalue weighted by Crippen LogP contribution is -2.70. The maximum atomic E-state index is 6.91. The summed E-state index contributed by atoms with van der Waals surface area (Å²) in [6.45, 7) is 0. The molecular weight excluding hydrogens is 582 g/mol. The Morgan fingerprint density at radius 1 is 0.422 bits per heavy atom. The number of rotatable bonds is 2. The number of hydrogen-bond acceptors (Lipinski definition) is 0. The van der Waals surface area contributed by atoms with E-state index in [4.69, 9.17) is 11.6 Å². The van der Waals surface area contributed by atoms with Crippen LogP contribution in [0.15, 0.2) is 158 Å². The fourth-order valence-electron chi connectivity index (χ4n) is 8.34. The summed E-state index contributed by atoms with van der Waals surface area (Å²) < 4.78 is 2.32. The zero-order valence-corrected chi connectivity index (χ0v) is 26.1. The zero-order valence-electron chi connectivity index (χ0n) is 24.3. The van der Waals surface area contributed by atoms with Crippen LogP contribution >= 0.6 is 11.6 Å². The van der Waals surface area contributed by atoms with Crippen molar-refractivity contribution in [1.29, 1.82) is 0 Å². The number of hydrogen-bond donors (Lipinski definition) is 0. The molecule has 2 aliphatic rings. The Morgan fingerprint density at radius 2 is 0.978 bits per heavy atom. The van der Waals surface area contributed by atoms with E-state index in [9.17, 15) is 0 Å². The minimum Gasteiger partial charge on any atom is -0.309 e. The van der Waals surface area contributed by atoms with Gasteiger partial charge in [-0.1, -0.05) is 127 Å². The van der Waals surface area contributed by atoms with Crippen LogP contribution in [0.5, 0.6) is 0 Å². The Labute approximate surface area is 267 Å². The van der Waals surface area contributed by atoms with Gasteiger partial charge in [0.1, 0.15) is 0 Å². The highest BCUT2D eigenvalue weighted by Crippen LogP contribution is 2.40. The summed E-state index contributed by atoms with van der Waals surface area (Å²) in [6.07, 6.45) is 0. The standard InChI is InChI=1S/C42H26ClNSi/c43-35-16-10-17-37-42(35)34-26-27(21-23-36(34)44(37)29-11-2-1-3-12-29)28-22-24-41-33(25-28)32-15-6-9-20-40(32)45(41)38-18-7-4-13-30(38)31-14-5-8-19-39(31)45/h1-26H. The van der Waals surface area contributed by atoms with E-state index in [-0.39, 0.29) is 0 Å². The molecule has 0 bridgehead atoms. The van der Waals surface area contributed by atoms with E-state index in [0.29, 0.717) is 0 Å². The number of nitrogens with zero attached hydrogens (tertiary/aromatic N) is 1. The molecular formula is C42H26ClNSi. The van der Waals surface area contributed by atoms with Gasteiger partial charge in [0.15, 0.2) is 8.07 Å². The van der Waals surface area contributed by atoms with E-state index in [1.807, 2.05) is 12.1 Å². The zero-order chi connectivity index (χ0) is 29.7. The van der Waals surface area contributed by atoms with Crippen molar-refractivity contribution >= 4 is 62.2 Å². The number of aromatic nitrogens is 1. The quantitative estimate of drug-likeness (QED) is 0.174. The van der Waals surface area contributed by atoms with Crippen LogP contribution in [0.2, 0.25) is 5.02 Å². The van der Waals surface area contributed by atoms with Crippen LogP contribution in [0.4, 0.5) is 0 Å². The highest BCUT2D eigenvalue weighted by Gasteiger charge is 2.53. The van der Waals surface area contributed by atoms with Crippen molar-refractivity contribution < 1.29 is 0 Å². The van der Waals surface area contributed by atoms with E-state index in [2.05, 4.69) is 150 Å². The fraction of sp³-hybridized carbons (Fsp3) is 0. The molecule has 45 heavy (non-hydrogen) atoms. The van der Waals surface area contributed by atoms with E-state index in [1.54, 1.807) is 0 Å². The lowest BCUT2D eigenvalue weighted by molar-refractivity contribution is 1.18. The third-order valence-corrected chi connectivity index (χ3v) is 15.4. The molecule has 0 saturated heterocycles. The molecule has 3 heterocycles. The van der Waals surface area contributed by atoms with Gasteiger partial charge in [0.05, 0.1) is 16.1 Å². The third-order valence-electron chi connectivity index (χ3n) is 10.1. The van der Waals surface area contributed by atoms with Gasteiger partial charge in [-0.3, -0.25) is 0 Å². The molecule has 7 aromatic carbocycles. The topological polar surface area (TPSA) is 4.93 Å². The number of halogens is 1. The molecule has 0 amide bonds. The Bertz CT molecular complexity index is 2460. The van der Waals surface area contributed by atoms with Crippen LogP contribution in [0.25, 0.3) is 60.9 Å². The van der Waals surface area contributed by atoms with E-state index in [0.717, 1.165) is 27.1 Å². The summed E-state index contributed by atoms with van der Waals surface area (Å²) in [7, 11) is -2.42. The first-order valence-corrected chi connectivity index (χ1v) is 17.9. The first kappa shape index (κ1) is 25.2. The van der Waals surface area contributed by atoms with Crippen molar-refractivity contribution in [2.75, 3.05) is 0 Å². The molecule has 1 spiro atoms. The summed E-state index contributed by atoms with van der Waals surface area (Å²) in [6, 6.07) is 58.2. The average molecular weight is 608 g/mol. The molecule has 0 saturated carbocycles. The molecule has 3 heteroatoms. The summed E-state index contributed by atoms with van der Waals surface area (Å²) in [5.41, 5.74) is 11.4. The Hall–Kier alpha value is -5.15. The first-order valence-electron chi connectivity index (χ1n) is 15.5. The molecule has 0 aliphatic carbocycles. The lowest BCUT2D eigenvalue weighted by atomic mass is 9.98. The van der Waals surface area contributed by atoms with Crippen LogP contribution in [-0.4, -0.2) is 12.6 Å². The van der Waals surface area contributed by atoms with Gasteiger partial charge in [-0.15, -0.1) is 0 Å². The number of fused-ring (bicyclic) bond motifs is 13. The normalized spacial score (nSPS) is 13.6. The number of para-hydroxylation sites is 1. The summed E-state index contributed by atoms with van der Waals surface area (Å²) in [5.74, 6) is 0. The van der Waals surface area contributed by atoms with Gasteiger partial charge in [-0.05, 0) is 96.6 Å². The van der Waals surface area contributed by atoms with Gasteiger partial charge in [-0.2, -0.15) is 0 Å². The smallest absolute Gasteiger partial charge is 0.182 e. The molecule has 210 valence electrons. The summed E-state index contributed by atoms with van der Waals surface area (Å²) in [5, 5.41) is 9.06. The fourth-order valence-corrected chi connectivity index (χ4v) is 14.2. The van der Waals surface area contributed by atoms with Gasteiger partial charge in [0.2, 0.25) is 0 Å². The molecule has 0 unspecified atom stereocenters. The highest BCUT2D eigenvalue weighted by molar-refractivity contribution is 7.24. The second-order valence-electron chi connectivity index (χ2n) is 12.2. The molecule has 8 aromatic rings. The van der Waals surface area contributed by atoms with Gasteiger partial charge in [-0.25, -0.2) is 0 Å². The minimum atomic E-state index is -2.42. The highest BCUT2D eigenvalue weighted by atomic mass is 35.5. The second kappa shape index (κ2) is 9.18. The van der Waals surface area contributed by atoms with Crippen molar-refractivity contribution in [2.45, 2.75) is 0 Å². The van der Waals surface area contributed by atoms with Gasteiger partial charge >= 0.3 is 0 Å². The SMILES string of the molecule is Clc1cccc2c1c1cc(-c3ccc4c(c3)-c3ccccc3[Si]43c4ccccc4-c4ccccc43)ccc1n2-c1ccccc1. The maximum absolute atomic E-state index is 6.91. The van der Waals surface area contributed by atoms with Crippen molar-refractivity contribution in [2.24, 2.45) is 0 Å². The first-order chi connectivity index (χ1) is 22.2. The summed E-state index contributed by atoms with van der Waals surface area (Å²) >= 11 is 6.91. The van der Waals surface area contributed by atoms with Gasteiger partial charge < -0.3 is 4.57 Å². The molecule has 1 aromatic heterocycles. The Morgan fingerprint density at radius 3 is 1.67 bits per heavy atom. The van der Waals surface area contributed by atoms with Crippen molar-refractivity contribution in [3.05, 3.63) is 163 Å². The molecule has 0 atom stereocenters. The van der Waals surface area contributed by atoms with Crippen molar-refractivity contribution in [3.8, 4) is 39.1 Å². The Balaban J connectivity index is 1.22. The summed E-state index contributed by atoms with van der Waals surface area (Å²) in [4.78, 5) is 0. The monoisotopic (exact) mass is 607 g/mol. The predicted molar refractivity (Wildman–Crippen MR) is 193 cm³/mol. The van der Waals surface area contributed by atoms with Crippen LogP contribution in [0.3, 0.4) is 0 Å². The predicted octanol–water partition coefficient (Wildman–Crippen LogP) is 8.44. The average Bonchev–Trinajstić information content (AvgIpc) is 3.70. The van der Waals surface area contributed by atoms with Gasteiger partial charge in [0, 0.05) is 16.5 Å². The largest absolute Gasteiger partial charge is 0.309 e. The molecule has 10 rings (SSSR count). The van der Waals surface area contributed by atoms with Crippen LogP contribution in [-0.2, 0) is 0 Å². The molecule has 1 nitrogen and oxygen atoms in total. The molecule has 0 N–H and O–H groups in total. The third kappa shape index (κ3) is 3.23. The minimum absolute atomic E-state index is 0.777. The van der Waals surface area contributed by atoms with Crippen molar-refractivity contribution in [3.63, 3.8) is 0 Å². The molecule has 0 fully saturated rings. The van der Waals surface area contributed by atoms with E-state index in [1.165, 1.54) is 59.5 Å². The van der Waals surface area contributed by atoms with Gasteiger partial charge in [0.25, 0.3) is 0 Å². The van der Waals surface area contributed by atoms with E-state index >= 15 is 0 Å². The molecule has 2 aliphatic heterocycles. The van der Waals surface area contributed by atoms with Crippen LogP contribution in [0.1, 0.15) is 0 Å². The number of benzene rings is 7. The lowest BCUT2D eigenvalue weighted by Gasteiger charge is -2.27. The van der Waals surface area contributed by atoms with Crippen LogP contribution in [0, 0.1) is 0 Å². The van der Waals surface area contributed by atoms with Crippen LogP contribution < -0.4 is 20.7 Å². The maximum Gasteiger partial charge on any atom is 0.182 e. The second-order valence-corrected chi connectivity index (χ2v) is 16.2. The Kier molecular flexibility index (Phi) is 5.14. The van der Waals surface area contributed by atoms with Crippen molar-refractivity contribution in [1.82, 2.24) is 4.57 Å². The van der Waals surface area contributed by atoms with E-state index < -0.39 is 8.07 Å². The molecule has 0 radical (unpaired) electrons.